The Morgan fingerprint density at radius 1 is 1.00 bits per heavy atom. The van der Waals surface area contributed by atoms with E-state index in [2.05, 4.69) is 31.8 Å². The summed E-state index contributed by atoms with van der Waals surface area (Å²) in [5.41, 5.74) is 4.12. The summed E-state index contributed by atoms with van der Waals surface area (Å²) in [6, 6.07) is 8.60. The first-order valence-electron chi connectivity index (χ1n) is 8.10. The predicted octanol–water partition coefficient (Wildman–Crippen LogP) is 2.87. The molecule has 9 heteroatoms. The minimum Gasteiger partial charge on any atom is -0.493 e. The number of rotatable bonds is 6. The largest absolute Gasteiger partial charge is 0.493 e. The summed E-state index contributed by atoms with van der Waals surface area (Å²) in [5.74, 6) is -0.398. The molecule has 0 spiro atoms. The maximum absolute atomic E-state index is 12.0. The van der Waals surface area contributed by atoms with Crippen molar-refractivity contribution in [2.45, 2.75) is 6.92 Å². The van der Waals surface area contributed by atoms with Gasteiger partial charge in [-0.05, 0) is 42.8 Å². The fourth-order valence-corrected chi connectivity index (χ4v) is 2.81. The summed E-state index contributed by atoms with van der Waals surface area (Å²) >= 11 is 3.34. The van der Waals surface area contributed by atoms with Crippen LogP contribution >= 0.6 is 15.9 Å². The molecule has 2 amide bonds. The van der Waals surface area contributed by atoms with E-state index in [4.69, 9.17) is 14.2 Å². The second-order valence-corrected chi connectivity index (χ2v) is 6.49. The first kappa shape index (κ1) is 21.2. The number of nitrogens with zero attached hydrogens (tertiary/aromatic N) is 1. The van der Waals surface area contributed by atoms with Crippen LogP contribution in [-0.2, 0) is 9.59 Å². The van der Waals surface area contributed by atoms with Crippen LogP contribution in [0.4, 0.5) is 5.69 Å². The SMILES string of the molecule is COc1cc(/C=N/NC(=O)C(=O)Nc2ccc(Br)cc2C)cc(OC)c1OC. The molecule has 0 aromatic heterocycles. The first-order valence-corrected chi connectivity index (χ1v) is 8.89. The van der Waals surface area contributed by atoms with Crippen molar-refractivity contribution in [2.75, 3.05) is 26.6 Å². The van der Waals surface area contributed by atoms with E-state index >= 15 is 0 Å². The van der Waals surface area contributed by atoms with Gasteiger partial charge in [-0.2, -0.15) is 5.10 Å². The quantitative estimate of drug-likeness (QED) is 0.401. The van der Waals surface area contributed by atoms with Crippen molar-refractivity contribution in [3.8, 4) is 17.2 Å². The van der Waals surface area contributed by atoms with Gasteiger partial charge in [-0.3, -0.25) is 9.59 Å². The number of ether oxygens (including phenoxy) is 3. The highest BCUT2D eigenvalue weighted by Gasteiger charge is 2.15. The van der Waals surface area contributed by atoms with Crippen molar-refractivity contribution < 1.29 is 23.8 Å². The summed E-state index contributed by atoms with van der Waals surface area (Å²) in [4.78, 5) is 24.0. The Kier molecular flexibility index (Phi) is 7.39. The second kappa shape index (κ2) is 9.75. The molecule has 148 valence electrons. The standard InChI is InChI=1S/C19H20BrN3O5/c1-11-7-13(20)5-6-14(11)22-18(24)19(25)23-21-10-12-8-15(26-2)17(28-4)16(9-12)27-3/h5-10H,1-4H3,(H,22,24)(H,23,25)/b21-10+. The average Bonchev–Trinajstić information content (AvgIpc) is 2.68. The molecular formula is C19H20BrN3O5. The number of amides is 2. The molecule has 0 aliphatic heterocycles. The Morgan fingerprint density at radius 3 is 2.18 bits per heavy atom. The van der Waals surface area contributed by atoms with Gasteiger partial charge < -0.3 is 19.5 Å². The lowest BCUT2D eigenvalue weighted by Crippen LogP contribution is -2.32. The van der Waals surface area contributed by atoms with Crippen molar-refractivity contribution in [3.05, 3.63) is 45.9 Å². The highest BCUT2D eigenvalue weighted by atomic mass is 79.9. The van der Waals surface area contributed by atoms with Gasteiger partial charge in [0.05, 0.1) is 27.5 Å². The van der Waals surface area contributed by atoms with Crippen molar-refractivity contribution >= 4 is 39.6 Å². The summed E-state index contributed by atoms with van der Waals surface area (Å²) in [6.45, 7) is 1.82. The molecule has 0 aliphatic carbocycles. The summed E-state index contributed by atoms with van der Waals surface area (Å²) in [6.07, 6.45) is 1.36. The number of anilines is 1. The molecule has 2 rings (SSSR count). The van der Waals surface area contributed by atoms with Gasteiger partial charge in [0.15, 0.2) is 11.5 Å². The van der Waals surface area contributed by atoms with Crippen LogP contribution in [0.15, 0.2) is 39.9 Å². The average molecular weight is 450 g/mol. The molecule has 0 atom stereocenters. The van der Waals surface area contributed by atoms with Crippen molar-refractivity contribution in [2.24, 2.45) is 5.10 Å². The molecule has 2 aromatic carbocycles. The van der Waals surface area contributed by atoms with E-state index in [1.807, 2.05) is 13.0 Å². The van der Waals surface area contributed by atoms with E-state index in [1.165, 1.54) is 27.5 Å². The van der Waals surface area contributed by atoms with Crippen molar-refractivity contribution in [1.82, 2.24) is 5.43 Å². The highest BCUT2D eigenvalue weighted by Crippen LogP contribution is 2.37. The van der Waals surface area contributed by atoms with E-state index in [-0.39, 0.29) is 0 Å². The molecule has 0 fully saturated rings. The van der Waals surface area contributed by atoms with Gasteiger partial charge in [0.25, 0.3) is 0 Å². The summed E-state index contributed by atoms with van der Waals surface area (Å²) < 4.78 is 16.6. The number of benzene rings is 2. The van der Waals surface area contributed by atoms with Gasteiger partial charge >= 0.3 is 11.8 Å². The maximum atomic E-state index is 12.0. The van der Waals surface area contributed by atoms with E-state index < -0.39 is 11.8 Å². The zero-order valence-corrected chi connectivity index (χ0v) is 17.4. The smallest absolute Gasteiger partial charge is 0.329 e. The molecule has 0 aliphatic rings. The Bertz CT molecular complexity index is 889. The fraction of sp³-hybridized carbons (Fsp3) is 0.211. The third-order valence-electron chi connectivity index (χ3n) is 3.71. The third kappa shape index (κ3) is 5.23. The number of carbonyl (C=O) groups excluding carboxylic acids is 2. The van der Waals surface area contributed by atoms with Gasteiger partial charge in [-0.1, -0.05) is 15.9 Å². The summed E-state index contributed by atoms with van der Waals surface area (Å²) in [7, 11) is 4.49. The van der Waals surface area contributed by atoms with Gasteiger partial charge in [-0.15, -0.1) is 0 Å². The van der Waals surface area contributed by atoms with Crippen molar-refractivity contribution in [1.29, 1.82) is 0 Å². The van der Waals surface area contributed by atoms with Crippen molar-refractivity contribution in [3.63, 3.8) is 0 Å². The maximum Gasteiger partial charge on any atom is 0.329 e. The van der Waals surface area contributed by atoms with Crippen LogP contribution < -0.4 is 25.0 Å². The van der Waals surface area contributed by atoms with Gasteiger partial charge in [0.1, 0.15) is 0 Å². The normalized spacial score (nSPS) is 10.5. The number of hydrogen-bond acceptors (Lipinski definition) is 6. The van der Waals surface area contributed by atoms with E-state index in [9.17, 15) is 9.59 Å². The number of carbonyl (C=O) groups is 2. The van der Waals surface area contributed by atoms with Crippen LogP contribution in [0.5, 0.6) is 17.2 Å². The molecule has 0 saturated carbocycles. The Morgan fingerprint density at radius 2 is 1.64 bits per heavy atom. The second-order valence-electron chi connectivity index (χ2n) is 5.57. The van der Waals surface area contributed by atoms with Gasteiger partial charge in [0, 0.05) is 15.7 Å². The number of methoxy groups -OCH3 is 3. The number of nitrogens with one attached hydrogen (secondary N) is 2. The Labute approximate surface area is 171 Å². The predicted molar refractivity (Wildman–Crippen MR) is 109 cm³/mol. The van der Waals surface area contributed by atoms with Crippen LogP contribution in [0, 0.1) is 6.92 Å². The van der Waals surface area contributed by atoms with Crippen LogP contribution in [0.2, 0.25) is 0 Å². The molecule has 8 nitrogen and oxygen atoms in total. The molecule has 2 N–H and O–H groups in total. The zero-order chi connectivity index (χ0) is 20.7. The Hall–Kier alpha value is -3.07. The zero-order valence-electron chi connectivity index (χ0n) is 15.8. The highest BCUT2D eigenvalue weighted by molar-refractivity contribution is 9.10. The molecule has 0 saturated heterocycles. The number of aryl methyl sites for hydroxylation is 1. The van der Waals surface area contributed by atoms with Gasteiger partial charge in [-0.25, -0.2) is 5.43 Å². The van der Waals surface area contributed by atoms with Gasteiger partial charge in [0.2, 0.25) is 5.75 Å². The number of hydrazone groups is 1. The van der Waals surface area contributed by atoms with E-state index in [0.29, 0.717) is 28.5 Å². The molecule has 28 heavy (non-hydrogen) atoms. The lowest BCUT2D eigenvalue weighted by molar-refractivity contribution is -0.136. The fourth-order valence-electron chi connectivity index (χ4n) is 2.34. The molecule has 0 bridgehead atoms. The van der Waals surface area contributed by atoms with Crippen LogP contribution in [0.25, 0.3) is 0 Å². The monoisotopic (exact) mass is 449 g/mol. The van der Waals surface area contributed by atoms with Crippen LogP contribution in [-0.4, -0.2) is 39.4 Å². The molecule has 0 heterocycles. The minimum absolute atomic E-state index is 0.440. The molecule has 0 unspecified atom stereocenters. The van der Waals surface area contributed by atoms with Crippen LogP contribution in [0.1, 0.15) is 11.1 Å². The van der Waals surface area contributed by atoms with Crippen LogP contribution in [0.3, 0.4) is 0 Å². The number of hydrogen-bond donors (Lipinski definition) is 2. The lowest BCUT2D eigenvalue weighted by atomic mass is 10.2. The third-order valence-corrected chi connectivity index (χ3v) is 4.20. The molecule has 0 radical (unpaired) electrons. The minimum atomic E-state index is -0.897. The van der Waals surface area contributed by atoms with E-state index in [0.717, 1.165) is 10.0 Å². The number of halogens is 1. The molecule has 2 aromatic rings. The lowest BCUT2D eigenvalue weighted by Gasteiger charge is -2.12. The van der Waals surface area contributed by atoms with E-state index in [1.54, 1.807) is 24.3 Å². The molecular weight excluding hydrogens is 430 g/mol. The Balaban J connectivity index is 2.05. The summed E-state index contributed by atoms with van der Waals surface area (Å²) in [5, 5.41) is 6.34. The first-order chi connectivity index (χ1) is 13.4. The topological polar surface area (TPSA) is 98.2 Å².